The quantitative estimate of drug-likeness (QED) is 0.762. The highest BCUT2D eigenvalue weighted by Crippen LogP contribution is 2.36. The third kappa shape index (κ3) is 2.96. The Balaban J connectivity index is 1.74. The van der Waals surface area contributed by atoms with E-state index in [1.165, 1.54) is 24.3 Å². The van der Waals surface area contributed by atoms with E-state index < -0.39 is 15.8 Å². The van der Waals surface area contributed by atoms with Gasteiger partial charge in [0, 0.05) is 17.8 Å². The number of sulfonamides is 1. The van der Waals surface area contributed by atoms with Crippen LogP contribution in [0.15, 0.2) is 59.5 Å². The van der Waals surface area contributed by atoms with Crippen LogP contribution in [0.1, 0.15) is 31.0 Å². The number of aromatic amines is 1. The van der Waals surface area contributed by atoms with E-state index >= 15 is 0 Å². The molecule has 25 heavy (non-hydrogen) atoms. The van der Waals surface area contributed by atoms with Crippen LogP contribution < -0.4 is 0 Å². The molecule has 0 bridgehead atoms. The molecule has 1 saturated heterocycles. The zero-order chi connectivity index (χ0) is 17.4. The van der Waals surface area contributed by atoms with Gasteiger partial charge in [-0.2, -0.15) is 4.31 Å². The molecule has 2 aromatic carbocycles. The lowest BCUT2D eigenvalue weighted by molar-refractivity contribution is 0.252. The van der Waals surface area contributed by atoms with Crippen LogP contribution in [0.3, 0.4) is 0 Å². The molecule has 2 heterocycles. The summed E-state index contributed by atoms with van der Waals surface area (Å²) in [7, 11) is -3.67. The summed E-state index contributed by atoms with van der Waals surface area (Å²) in [5.74, 6) is -0.440. The van der Waals surface area contributed by atoms with Crippen molar-refractivity contribution in [2.75, 3.05) is 6.54 Å². The molecular weight excluding hydrogens is 339 g/mol. The Morgan fingerprint density at radius 3 is 2.56 bits per heavy atom. The van der Waals surface area contributed by atoms with Crippen molar-refractivity contribution in [3.8, 4) is 0 Å². The summed E-state index contributed by atoms with van der Waals surface area (Å²) >= 11 is 0. The molecule has 0 aliphatic carbocycles. The molecule has 6 heteroatoms. The van der Waals surface area contributed by atoms with Gasteiger partial charge in [0.05, 0.1) is 10.9 Å². The van der Waals surface area contributed by atoms with Crippen molar-refractivity contribution in [2.45, 2.75) is 30.2 Å². The number of aromatic nitrogens is 1. The van der Waals surface area contributed by atoms with Gasteiger partial charge in [-0.25, -0.2) is 12.8 Å². The number of para-hydroxylation sites is 1. The highest BCUT2D eigenvalue weighted by atomic mass is 32.2. The fourth-order valence-corrected chi connectivity index (χ4v) is 5.20. The Morgan fingerprint density at radius 1 is 1.04 bits per heavy atom. The van der Waals surface area contributed by atoms with Crippen LogP contribution in [-0.4, -0.2) is 24.3 Å². The highest BCUT2D eigenvalue weighted by Gasteiger charge is 2.35. The Hall–Kier alpha value is -2.18. The number of nitrogens with one attached hydrogen (secondary N) is 1. The number of hydrogen-bond acceptors (Lipinski definition) is 2. The predicted octanol–water partition coefficient (Wildman–Crippen LogP) is 4.22. The summed E-state index contributed by atoms with van der Waals surface area (Å²) in [4.78, 5) is 3.50. The van der Waals surface area contributed by atoms with Crippen LogP contribution in [0, 0.1) is 5.82 Å². The molecule has 4 nitrogen and oxygen atoms in total. The van der Waals surface area contributed by atoms with Crippen molar-refractivity contribution in [2.24, 2.45) is 0 Å². The molecule has 1 N–H and O–H groups in total. The van der Waals surface area contributed by atoms with E-state index in [1.807, 2.05) is 30.3 Å². The molecule has 1 fully saturated rings. The molecule has 0 radical (unpaired) electrons. The van der Waals surface area contributed by atoms with Gasteiger partial charge in [-0.15, -0.1) is 0 Å². The van der Waals surface area contributed by atoms with Crippen LogP contribution in [0.2, 0.25) is 0 Å². The number of piperidine rings is 1. The first-order chi connectivity index (χ1) is 12.1. The van der Waals surface area contributed by atoms with Gasteiger partial charge in [0.25, 0.3) is 0 Å². The van der Waals surface area contributed by atoms with Crippen LogP contribution >= 0.6 is 0 Å². The fourth-order valence-electron chi connectivity index (χ4n) is 3.52. The predicted molar refractivity (Wildman–Crippen MR) is 95.2 cm³/mol. The van der Waals surface area contributed by atoms with Gasteiger partial charge in [-0.05, 0) is 54.6 Å². The van der Waals surface area contributed by atoms with Gasteiger partial charge >= 0.3 is 0 Å². The largest absolute Gasteiger partial charge is 0.357 e. The second-order valence-electron chi connectivity index (χ2n) is 6.39. The minimum absolute atomic E-state index is 0.136. The maximum atomic E-state index is 13.2. The van der Waals surface area contributed by atoms with E-state index in [4.69, 9.17) is 0 Å². The lowest BCUT2D eigenvalue weighted by atomic mass is 10.0. The van der Waals surface area contributed by atoms with E-state index in [9.17, 15) is 12.8 Å². The maximum absolute atomic E-state index is 13.2. The van der Waals surface area contributed by atoms with E-state index in [2.05, 4.69) is 4.98 Å². The summed E-state index contributed by atoms with van der Waals surface area (Å²) < 4.78 is 40.9. The molecular formula is C19H19FN2O2S. The van der Waals surface area contributed by atoms with Crippen molar-refractivity contribution in [1.82, 2.24) is 9.29 Å². The Morgan fingerprint density at radius 2 is 1.80 bits per heavy atom. The van der Waals surface area contributed by atoms with E-state index in [1.54, 1.807) is 4.31 Å². The van der Waals surface area contributed by atoms with Gasteiger partial charge in [0.15, 0.2) is 0 Å². The standard InChI is InChI=1S/C19H19FN2O2S/c20-15-8-10-16(11-9-15)25(23,24)22-12-4-3-7-19(22)18-13-14-5-1-2-6-17(14)21-18/h1-2,5-6,8-11,13,19,21H,3-4,7,12H2/t19-/m0/s1. The molecule has 0 amide bonds. The Bertz CT molecular complexity index is 963. The molecule has 1 aliphatic rings. The summed E-state index contributed by atoms with van der Waals surface area (Å²) in [6.45, 7) is 0.472. The Labute approximate surface area is 146 Å². The van der Waals surface area contributed by atoms with Gasteiger partial charge < -0.3 is 4.98 Å². The van der Waals surface area contributed by atoms with Gasteiger partial charge in [0.1, 0.15) is 5.82 Å². The first kappa shape index (κ1) is 16.3. The van der Waals surface area contributed by atoms with Crippen molar-refractivity contribution in [3.05, 3.63) is 66.1 Å². The topological polar surface area (TPSA) is 53.2 Å². The van der Waals surface area contributed by atoms with Gasteiger partial charge in [0.2, 0.25) is 10.0 Å². The van der Waals surface area contributed by atoms with Crippen LogP contribution in [0.25, 0.3) is 10.9 Å². The molecule has 4 rings (SSSR count). The van der Waals surface area contributed by atoms with E-state index in [0.717, 1.165) is 35.9 Å². The maximum Gasteiger partial charge on any atom is 0.243 e. The van der Waals surface area contributed by atoms with Crippen molar-refractivity contribution < 1.29 is 12.8 Å². The number of H-pyrrole nitrogens is 1. The fraction of sp³-hybridized carbons (Fsp3) is 0.263. The second-order valence-corrected chi connectivity index (χ2v) is 8.28. The molecule has 1 aromatic heterocycles. The third-order valence-corrected chi connectivity index (χ3v) is 6.71. The zero-order valence-electron chi connectivity index (χ0n) is 13.7. The number of benzene rings is 2. The minimum Gasteiger partial charge on any atom is -0.357 e. The molecule has 0 spiro atoms. The Kier molecular flexibility index (Phi) is 4.09. The second kappa shape index (κ2) is 6.28. The van der Waals surface area contributed by atoms with Crippen molar-refractivity contribution >= 4 is 20.9 Å². The number of nitrogens with zero attached hydrogens (tertiary/aromatic N) is 1. The monoisotopic (exact) mass is 358 g/mol. The molecule has 0 saturated carbocycles. The number of hydrogen-bond donors (Lipinski definition) is 1. The highest BCUT2D eigenvalue weighted by molar-refractivity contribution is 7.89. The summed E-state index contributed by atoms with van der Waals surface area (Å²) in [5, 5.41) is 1.07. The first-order valence-corrected chi connectivity index (χ1v) is 9.85. The molecule has 0 unspecified atom stereocenters. The van der Waals surface area contributed by atoms with Gasteiger partial charge in [-0.1, -0.05) is 24.6 Å². The summed E-state index contributed by atoms with van der Waals surface area (Å²) in [6.07, 6.45) is 2.58. The van der Waals surface area contributed by atoms with Crippen LogP contribution in [-0.2, 0) is 10.0 Å². The molecule has 3 aromatic rings. The van der Waals surface area contributed by atoms with Crippen molar-refractivity contribution in [1.29, 1.82) is 0 Å². The lowest BCUT2D eigenvalue weighted by Gasteiger charge is -2.34. The molecule has 1 atom stereocenters. The SMILES string of the molecule is O=S(=O)(c1ccc(F)cc1)N1CCCC[C@H]1c1cc2ccccc2[nH]1. The lowest BCUT2D eigenvalue weighted by Crippen LogP contribution is -2.38. The van der Waals surface area contributed by atoms with Crippen LogP contribution in [0.5, 0.6) is 0 Å². The summed E-state index contributed by atoms with van der Waals surface area (Å²) in [6, 6.07) is 14.8. The number of fused-ring (bicyclic) bond motifs is 1. The third-order valence-electron chi connectivity index (χ3n) is 4.78. The molecule has 1 aliphatic heterocycles. The van der Waals surface area contributed by atoms with Gasteiger partial charge in [-0.3, -0.25) is 0 Å². The smallest absolute Gasteiger partial charge is 0.243 e. The average Bonchev–Trinajstić information content (AvgIpc) is 3.06. The minimum atomic E-state index is -3.67. The normalized spacial score (nSPS) is 19.3. The van der Waals surface area contributed by atoms with E-state index in [0.29, 0.717) is 6.54 Å². The zero-order valence-corrected chi connectivity index (χ0v) is 14.5. The average molecular weight is 358 g/mol. The van der Waals surface area contributed by atoms with Crippen LogP contribution in [0.4, 0.5) is 4.39 Å². The first-order valence-electron chi connectivity index (χ1n) is 8.41. The summed E-state index contributed by atoms with van der Waals surface area (Å²) in [5.41, 5.74) is 1.91. The number of rotatable bonds is 3. The van der Waals surface area contributed by atoms with E-state index in [-0.39, 0.29) is 10.9 Å². The van der Waals surface area contributed by atoms with Crippen molar-refractivity contribution in [3.63, 3.8) is 0 Å². The number of halogens is 1. The molecule has 130 valence electrons.